The molecule has 0 saturated carbocycles. The Bertz CT molecular complexity index is 865. The van der Waals surface area contributed by atoms with Gasteiger partial charge in [-0.15, -0.1) is 0 Å². The van der Waals surface area contributed by atoms with Crippen molar-refractivity contribution >= 4 is 10.0 Å². The van der Waals surface area contributed by atoms with E-state index in [4.69, 9.17) is 9.47 Å². The van der Waals surface area contributed by atoms with Gasteiger partial charge in [0.1, 0.15) is 0 Å². The SMILES string of the molecule is CCCS(=O)(=O)N1CCc2cc(OC)c(OC)cc2C1c1ccccc1. The van der Waals surface area contributed by atoms with Crippen LogP contribution in [0.4, 0.5) is 0 Å². The highest BCUT2D eigenvalue weighted by molar-refractivity contribution is 7.89. The van der Waals surface area contributed by atoms with Crippen molar-refractivity contribution in [2.75, 3.05) is 26.5 Å². The largest absolute Gasteiger partial charge is 0.493 e. The number of sulfonamides is 1. The van der Waals surface area contributed by atoms with Gasteiger partial charge in [-0.2, -0.15) is 4.31 Å². The van der Waals surface area contributed by atoms with Crippen LogP contribution in [0.2, 0.25) is 0 Å². The topological polar surface area (TPSA) is 55.8 Å². The van der Waals surface area contributed by atoms with Crippen LogP contribution in [0, 0.1) is 0 Å². The molecule has 0 amide bonds. The van der Waals surface area contributed by atoms with Crippen LogP contribution >= 0.6 is 0 Å². The van der Waals surface area contributed by atoms with E-state index < -0.39 is 10.0 Å². The second-order valence-electron chi connectivity index (χ2n) is 6.40. The molecule has 1 aliphatic rings. The summed E-state index contributed by atoms with van der Waals surface area (Å²) in [6.45, 7) is 2.35. The van der Waals surface area contributed by atoms with Gasteiger partial charge in [-0.05, 0) is 41.7 Å². The number of fused-ring (bicyclic) bond motifs is 1. The standard InChI is InChI=1S/C20H25NO4S/c1-4-12-26(22,23)21-11-10-16-13-18(24-2)19(25-3)14-17(16)20(21)15-8-6-5-7-9-15/h5-9,13-14,20H,4,10-12H2,1-3H3. The lowest BCUT2D eigenvalue weighted by Crippen LogP contribution is -2.41. The Morgan fingerprint density at radius 2 is 1.73 bits per heavy atom. The summed E-state index contributed by atoms with van der Waals surface area (Å²) in [4.78, 5) is 0. The van der Waals surface area contributed by atoms with Crippen LogP contribution in [0.1, 0.15) is 36.1 Å². The summed E-state index contributed by atoms with van der Waals surface area (Å²) < 4.78 is 38.4. The van der Waals surface area contributed by atoms with Gasteiger partial charge >= 0.3 is 0 Å². The van der Waals surface area contributed by atoms with Crippen LogP contribution in [-0.2, 0) is 16.4 Å². The number of hydrogen-bond acceptors (Lipinski definition) is 4. The fourth-order valence-electron chi connectivity index (χ4n) is 3.58. The molecule has 0 spiro atoms. The number of benzene rings is 2. The maximum atomic E-state index is 12.9. The molecule has 0 aromatic heterocycles. The fourth-order valence-corrected chi connectivity index (χ4v) is 5.26. The van der Waals surface area contributed by atoms with Gasteiger partial charge in [0.2, 0.25) is 10.0 Å². The molecule has 0 fully saturated rings. The average Bonchev–Trinajstić information content (AvgIpc) is 2.66. The Morgan fingerprint density at radius 3 is 2.35 bits per heavy atom. The van der Waals surface area contributed by atoms with E-state index in [1.165, 1.54) is 0 Å². The number of ether oxygens (including phenoxy) is 2. The third-order valence-corrected chi connectivity index (χ3v) is 6.80. The van der Waals surface area contributed by atoms with Crippen LogP contribution in [0.25, 0.3) is 0 Å². The van der Waals surface area contributed by atoms with Gasteiger partial charge in [0, 0.05) is 6.54 Å². The first kappa shape index (κ1) is 18.7. The Hall–Kier alpha value is -2.05. The molecule has 0 bridgehead atoms. The van der Waals surface area contributed by atoms with E-state index in [1.54, 1.807) is 18.5 Å². The maximum absolute atomic E-state index is 12.9. The van der Waals surface area contributed by atoms with Crippen LogP contribution in [0.15, 0.2) is 42.5 Å². The molecule has 0 radical (unpaired) electrons. The first-order chi connectivity index (χ1) is 12.5. The molecule has 2 aromatic rings. The Balaban J connectivity index is 2.18. The van der Waals surface area contributed by atoms with E-state index in [-0.39, 0.29) is 11.8 Å². The fraction of sp³-hybridized carbons (Fsp3) is 0.400. The van der Waals surface area contributed by atoms with Crippen molar-refractivity contribution in [1.29, 1.82) is 0 Å². The summed E-state index contributed by atoms with van der Waals surface area (Å²) in [6, 6.07) is 13.3. The van der Waals surface area contributed by atoms with E-state index in [0.717, 1.165) is 16.7 Å². The summed E-state index contributed by atoms with van der Waals surface area (Å²) in [7, 11) is -0.143. The van der Waals surface area contributed by atoms with Crippen molar-refractivity contribution in [2.24, 2.45) is 0 Å². The summed E-state index contributed by atoms with van der Waals surface area (Å²) in [5, 5.41) is 0. The van der Waals surface area contributed by atoms with E-state index >= 15 is 0 Å². The quantitative estimate of drug-likeness (QED) is 0.777. The highest BCUT2D eigenvalue weighted by Crippen LogP contribution is 2.42. The van der Waals surface area contributed by atoms with E-state index in [1.807, 2.05) is 49.4 Å². The minimum atomic E-state index is -3.35. The molecule has 1 aliphatic heterocycles. The third kappa shape index (κ3) is 3.44. The van der Waals surface area contributed by atoms with Gasteiger partial charge in [0.25, 0.3) is 0 Å². The molecule has 1 heterocycles. The van der Waals surface area contributed by atoms with Crippen LogP contribution in [0.5, 0.6) is 11.5 Å². The highest BCUT2D eigenvalue weighted by Gasteiger charge is 2.36. The van der Waals surface area contributed by atoms with Crippen molar-refractivity contribution in [3.05, 3.63) is 59.2 Å². The molecule has 0 saturated heterocycles. The number of rotatable bonds is 6. The average molecular weight is 375 g/mol. The molecule has 2 aromatic carbocycles. The molecule has 3 rings (SSSR count). The normalized spacial score (nSPS) is 17.6. The van der Waals surface area contributed by atoms with E-state index in [2.05, 4.69) is 0 Å². The molecule has 1 atom stereocenters. The lowest BCUT2D eigenvalue weighted by atomic mass is 9.89. The van der Waals surface area contributed by atoms with Crippen molar-refractivity contribution in [2.45, 2.75) is 25.8 Å². The summed E-state index contributed by atoms with van der Waals surface area (Å²) in [6.07, 6.45) is 1.25. The maximum Gasteiger partial charge on any atom is 0.214 e. The molecule has 1 unspecified atom stereocenters. The van der Waals surface area contributed by atoms with Crippen molar-refractivity contribution < 1.29 is 17.9 Å². The van der Waals surface area contributed by atoms with Gasteiger partial charge in [0.05, 0.1) is 26.0 Å². The first-order valence-corrected chi connectivity index (χ1v) is 10.4. The zero-order valence-corrected chi connectivity index (χ0v) is 16.3. The van der Waals surface area contributed by atoms with Crippen molar-refractivity contribution in [1.82, 2.24) is 4.31 Å². The lowest BCUT2D eigenvalue weighted by molar-refractivity contribution is 0.332. The zero-order valence-electron chi connectivity index (χ0n) is 15.4. The van der Waals surface area contributed by atoms with Gasteiger partial charge in [-0.1, -0.05) is 37.3 Å². The second-order valence-corrected chi connectivity index (χ2v) is 8.44. The predicted molar refractivity (Wildman–Crippen MR) is 102 cm³/mol. The predicted octanol–water partition coefficient (Wildman–Crippen LogP) is 3.39. The molecule has 0 N–H and O–H groups in total. The summed E-state index contributed by atoms with van der Waals surface area (Å²) in [5.74, 6) is 1.43. The smallest absolute Gasteiger partial charge is 0.214 e. The van der Waals surface area contributed by atoms with Crippen molar-refractivity contribution in [3.63, 3.8) is 0 Å². The second kappa shape index (κ2) is 7.68. The first-order valence-electron chi connectivity index (χ1n) is 8.81. The van der Waals surface area contributed by atoms with Crippen LogP contribution in [-0.4, -0.2) is 39.2 Å². The molecule has 6 heteroatoms. The Labute approximate surface area is 155 Å². The van der Waals surface area contributed by atoms with Crippen molar-refractivity contribution in [3.8, 4) is 11.5 Å². The third-order valence-electron chi connectivity index (χ3n) is 4.76. The molecular formula is C20H25NO4S. The highest BCUT2D eigenvalue weighted by atomic mass is 32.2. The van der Waals surface area contributed by atoms with E-state index in [9.17, 15) is 8.42 Å². The minimum Gasteiger partial charge on any atom is -0.493 e. The molecule has 26 heavy (non-hydrogen) atoms. The van der Waals surface area contributed by atoms with Gasteiger partial charge in [-0.25, -0.2) is 8.42 Å². The monoisotopic (exact) mass is 375 g/mol. The van der Waals surface area contributed by atoms with Gasteiger partial charge in [0.15, 0.2) is 11.5 Å². The van der Waals surface area contributed by atoms with Crippen LogP contribution in [0.3, 0.4) is 0 Å². The van der Waals surface area contributed by atoms with Gasteiger partial charge in [-0.3, -0.25) is 0 Å². The number of nitrogens with zero attached hydrogens (tertiary/aromatic N) is 1. The molecular weight excluding hydrogens is 350 g/mol. The minimum absolute atomic E-state index is 0.152. The zero-order chi connectivity index (χ0) is 18.7. The lowest BCUT2D eigenvalue weighted by Gasteiger charge is -2.37. The Morgan fingerprint density at radius 1 is 1.08 bits per heavy atom. The van der Waals surface area contributed by atoms with Gasteiger partial charge < -0.3 is 9.47 Å². The molecule has 0 aliphatic carbocycles. The molecule has 5 nitrogen and oxygen atoms in total. The summed E-state index contributed by atoms with van der Waals surface area (Å²) >= 11 is 0. The number of methoxy groups -OCH3 is 2. The Kier molecular flexibility index (Phi) is 5.53. The van der Waals surface area contributed by atoms with E-state index in [0.29, 0.717) is 30.9 Å². The number of hydrogen-bond donors (Lipinski definition) is 0. The van der Waals surface area contributed by atoms with Crippen LogP contribution < -0.4 is 9.47 Å². The summed E-state index contributed by atoms with van der Waals surface area (Å²) in [5.41, 5.74) is 3.01. The molecule has 140 valence electrons.